The first-order chi connectivity index (χ1) is 20.3. The topological polar surface area (TPSA) is 81.1 Å². The van der Waals surface area contributed by atoms with Gasteiger partial charge in [0.15, 0.2) is 5.78 Å². The first-order valence-corrected chi connectivity index (χ1v) is 14.8. The van der Waals surface area contributed by atoms with Crippen molar-refractivity contribution in [1.29, 1.82) is 0 Å². The fraction of sp³-hybridized carbons (Fsp3) is 0.297. The smallest absolute Gasteiger partial charge is 0.335 e. The molecule has 218 valence electrons. The van der Waals surface area contributed by atoms with Crippen LogP contribution < -0.4 is 9.80 Å². The molecule has 0 radical (unpaired) electrons. The Balaban J connectivity index is 1.22. The standard InChI is InChI=1S/C37H36N2O4/c1-36(2)29(38(5)27-15-12-20-9-7-8-10-23(20)31(27)36)18-25-33(40)26(34(25)41)19-30-37(3,4)32-24-14-11-22(35(42)43)17-21(24)13-16-28(32)39(30)6/h7-19,26,29,33,40H,1-6H3,(H,42,43). The molecule has 2 heterocycles. The molecule has 0 aromatic heterocycles. The molecule has 3 aliphatic rings. The first-order valence-electron chi connectivity index (χ1n) is 14.8. The number of rotatable bonds is 3. The number of benzene rings is 4. The van der Waals surface area contributed by atoms with Crippen molar-refractivity contribution < 1.29 is 19.8 Å². The summed E-state index contributed by atoms with van der Waals surface area (Å²) in [5, 5.41) is 25.1. The lowest BCUT2D eigenvalue weighted by molar-refractivity contribution is -0.127. The maximum Gasteiger partial charge on any atom is 0.335 e. The summed E-state index contributed by atoms with van der Waals surface area (Å²) in [5.74, 6) is -1.62. The Morgan fingerprint density at radius 3 is 2.23 bits per heavy atom. The Hall–Kier alpha value is -4.42. The maximum atomic E-state index is 13.7. The van der Waals surface area contributed by atoms with E-state index in [1.165, 1.54) is 16.3 Å². The zero-order valence-electron chi connectivity index (χ0n) is 25.3. The molecule has 2 aliphatic heterocycles. The zero-order chi connectivity index (χ0) is 30.6. The average molecular weight is 573 g/mol. The Morgan fingerprint density at radius 1 is 0.837 bits per heavy atom. The summed E-state index contributed by atoms with van der Waals surface area (Å²) in [6.07, 6.45) is 3.04. The van der Waals surface area contributed by atoms with Crippen LogP contribution in [0.2, 0.25) is 0 Å². The highest BCUT2D eigenvalue weighted by atomic mass is 16.4. The van der Waals surface area contributed by atoms with Gasteiger partial charge in [0.1, 0.15) is 0 Å². The summed E-state index contributed by atoms with van der Waals surface area (Å²) < 4.78 is 0. The van der Waals surface area contributed by atoms with Gasteiger partial charge in [-0.05, 0) is 56.9 Å². The van der Waals surface area contributed by atoms with Crippen LogP contribution in [0.15, 0.2) is 90.2 Å². The third kappa shape index (κ3) is 3.69. The van der Waals surface area contributed by atoms with E-state index in [1.54, 1.807) is 12.1 Å². The van der Waals surface area contributed by atoms with Gasteiger partial charge in [-0.2, -0.15) is 0 Å². The fourth-order valence-electron chi connectivity index (χ4n) is 7.98. The number of carbonyl (C=O) groups is 2. The number of fused-ring (bicyclic) bond motifs is 6. The molecule has 1 saturated carbocycles. The van der Waals surface area contributed by atoms with Crippen molar-refractivity contribution in [2.24, 2.45) is 5.92 Å². The first kappa shape index (κ1) is 27.4. The summed E-state index contributed by atoms with van der Waals surface area (Å²) in [5.41, 5.74) is 5.49. The molecule has 2 N–H and O–H groups in total. The number of aromatic carboxylic acids is 1. The molecule has 1 fully saturated rings. The average Bonchev–Trinajstić information content (AvgIpc) is 3.30. The second-order valence-electron chi connectivity index (χ2n) is 13.4. The molecular formula is C37H36N2O4. The lowest BCUT2D eigenvalue weighted by atomic mass is 9.70. The van der Waals surface area contributed by atoms with E-state index in [4.69, 9.17) is 0 Å². The van der Waals surface area contributed by atoms with Crippen molar-refractivity contribution >= 4 is 44.7 Å². The molecule has 3 unspecified atom stereocenters. The van der Waals surface area contributed by atoms with E-state index in [0.29, 0.717) is 5.57 Å². The molecule has 6 nitrogen and oxygen atoms in total. The van der Waals surface area contributed by atoms with Crippen LogP contribution in [-0.4, -0.2) is 48.2 Å². The minimum absolute atomic E-state index is 0.0406. The number of carbonyl (C=O) groups excluding carboxylic acids is 1. The van der Waals surface area contributed by atoms with Crippen LogP contribution in [0.3, 0.4) is 0 Å². The van der Waals surface area contributed by atoms with Crippen molar-refractivity contribution in [3.05, 3.63) is 107 Å². The van der Waals surface area contributed by atoms with Gasteiger partial charge in [-0.15, -0.1) is 0 Å². The van der Waals surface area contributed by atoms with Crippen molar-refractivity contribution in [1.82, 2.24) is 0 Å². The number of nitrogens with zero attached hydrogens (tertiary/aromatic N) is 2. The molecule has 3 atom stereocenters. The third-order valence-corrected chi connectivity index (χ3v) is 10.2. The van der Waals surface area contributed by atoms with Crippen LogP contribution in [0.1, 0.15) is 49.2 Å². The van der Waals surface area contributed by atoms with Crippen LogP contribution in [0.25, 0.3) is 21.5 Å². The Labute approximate surface area is 251 Å². The Kier molecular flexibility index (Phi) is 5.76. The highest BCUT2D eigenvalue weighted by molar-refractivity contribution is 6.08. The van der Waals surface area contributed by atoms with Gasteiger partial charge < -0.3 is 20.0 Å². The van der Waals surface area contributed by atoms with Crippen LogP contribution in [0.5, 0.6) is 0 Å². The summed E-state index contributed by atoms with van der Waals surface area (Å²) in [7, 11) is 4.05. The van der Waals surface area contributed by atoms with Crippen LogP contribution in [0.4, 0.5) is 11.4 Å². The minimum Gasteiger partial charge on any atom is -0.478 e. The number of carboxylic acid groups (broad SMARTS) is 1. The molecular weight excluding hydrogens is 536 g/mol. The van der Waals surface area contributed by atoms with Gasteiger partial charge in [0, 0.05) is 47.6 Å². The number of Topliss-reactive ketones (excluding diaryl/α,β-unsaturated/α-hetero) is 1. The summed E-state index contributed by atoms with van der Waals surface area (Å²) in [4.78, 5) is 29.6. The van der Waals surface area contributed by atoms with Crippen molar-refractivity contribution in [3.8, 4) is 0 Å². The fourth-order valence-corrected chi connectivity index (χ4v) is 7.98. The summed E-state index contributed by atoms with van der Waals surface area (Å²) in [6.45, 7) is 8.68. The largest absolute Gasteiger partial charge is 0.478 e. The van der Waals surface area contributed by atoms with Gasteiger partial charge in [0.25, 0.3) is 0 Å². The van der Waals surface area contributed by atoms with E-state index in [0.717, 1.165) is 33.4 Å². The third-order valence-electron chi connectivity index (χ3n) is 10.2. The summed E-state index contributed by atoms with van der Waals surface area (Å²) >= 11 is 0. The van der Waals surface area contributed by atoms with Gasteiger partial charge in [0.2, 0.25) is 0 Å². The molecule has 0 bridgehead atoms. The van der Waals surface area contributed by atoms with Gasteiger partial charge >= 0.3 is 5.97 Å². The van der Waals surface area contributed by atoms with E-state index in [1.807, 2.05) is 37.4 Å². The van der Waals surface area contributed by atoms with Crippen LogP contribution in [0, 0.1) is 5.92 Å². The molecule has 6 heteroatoms. The highest BCUT2D eigenvalue weighted by Crippen LogP contribution is 2.52. The molecule has 4 aromatic carbocycles. The normalized spacial score (nSPS) is 25.5. The second kappa shape index (κ2) is 9.04. The van der Waals surface area contributed by atoms with Crippen LogP contribution >= 0.6 is 0 Å². The number of anilines is 2. The van der Waals surface area contributed by atoms with Crippen molar-refractivity contribution in [2.75, 3.05) is 23.9 Å². The maximum absolute atomic E-state index is 13.7. The lowest BCUT2D eigenvalue weighted by Crippen LogP contribution is -2.47. The molecule has 4 aromatic rings. The molecule has 0 spiro atoms. The SMILES string of the molecule is CN1C(=CC2C(=O)C(=CC3N(C)c4ccc5ccccc5c4C3(C)C)C2O)C(C)(C)c2c1ccc1cc(C(=O)O)ccc21. The number of hydrogen-bond donors (Lipinski definition) is 2. The molecule has 1 aliphatic carbocycles. The monoisotopic (exact) mass is 572 g/mol. The van der Waals surface area contributed by atoms with E-state index < -0.39 is 23.4 Å². The lowest BCUT2D eigenvalue weighted by Gasteiger charge is -2.37. The van der Waals surface area contributed by atoms with Gasteiger partial charge in [-0.25, -0.2) is 4.79 Å². The van der Waals surface area contributed by atoms with Crippen molar-refractivity contribution in [3.63, 3.8) is 0 Å². The number of likely N-dealkylation sites (N-methyl/N-ethyl adjacent to an activating group) is 2. The van der Waals surface area contributed by atoms with E-state index >= 15 is 0 Å². The van der Waals surface area contributed by atoms with Gasteiger partial charge in [-0.1, -0.05) is 82.3 Å². The minimum atomic E-state index is -0.954. The van der Waals surface area contributed by atoms with Crippen LogP contribution in [-0.2, 0) is 15.6 Å². The number of aliphatic hydroxyl groups is 1. The number of carboxylic acids is 1. The predicted molar refractivity (Wildman–Crippen MR) is 172 cm³/mol. The zero-order valence-corrected chi connectivity index (χ0v) is 25.3. The predicted octanol–water partition coefficient (Wildman–Crippen LogP) is 6.58. The number of aliphatic hydroxyl groups excluding tert-OH is 1. The Bertz CT molecular complexity index is 1950. The molecule has 0 saturated heterocycles. The number of hydrogen-bond acceptors (Lipinski definition) is 5. The Morgan fingerprint density at radius 2 is 1.51 bits per heavy atom. The van der Waals surface area contributed by atoms with E-state index in [-0.39, 0.29) is 22.8 Å². The van der Waals surface area contributed by atoms with E-state index in [9.17, 15) is 19.8 Å². The molecule has 0 amide bonds. The highest BCUT2D eigenvalue weighted by Gasteiger charge is 2.49. The number of ketones is 1. The van der Waals surface area contributed by atoms with Crippen molar-refractivity contribution in [2.45, 2.75) is 50.7 Å². The summed E-state index contributed by atoms with van der Waals surface area (Å²) in [6, 6.07) is 21.8. The van der Waals surface area contributed by atoms with Gasteiger partial charge in [0.05, 0.1) is 23.6 Å². The quantitative estimate of drug-likeness (QED) is 0.270. The molecule has 7 rings (SSSR count). The molecule has 43 heavy (non-hydrogen) atoms. The van der Waals surface area contributed by atoms with Gasteiger partial charge in [-0.3, -0.25) is 4.79 Å². The second-order valence-corrected chi connectivity index (χ2v) is 13.4. The van der Waals surface area contributed by atoms with E-state index in [2.05, 4.69) is 80.9 Å². The number of allylic oxidation sites excluding steroid dienone is 1.